The summed E-state index contributed by atoms with van der Waals surface area (Å²) in [6.45, 7) is 3.63. The molecule has 0 aliphatic carbocycles. The molecule has 0 heterocycles. The Morgan fingerprint density at radius 2 is 1.57 bits per heavy atom. The predicted molar refractivity (Wildman–Crippen MR) is 96.1 cm³/mol. The smallest absolute Gasteiger partial charge is 0.0237 e. The van der Waals surface area contributed by atoms with E-state index in [1.165, 1.54) is 11.1 Å². The molecule has 4 heteroatoms. The van der Waals surface area contributed by atoms with Gasteiger partial charge >= 0.3 is 0 Å². The fourth-order valence-electron chi connectivity index (χ4n) is 2.27. The number of hydrogen-bond donors (Lipinski definition) is 1. The van der Waals surface area contributed by atoms with Crippen molar-refractivity contribution < 1.29 is 0 Å². The van der Waals surface area contributed by atoms with Crippen molar-refractivity contribution in [3.05, 3.63) is 68.6 Å². The highest BCUT2D eigenvalue weighted by Gasteiger charge is 2.07. The summed E-state index contributed by atoms with van der Waals surface area (Å²) in [6, 6.07) is 17.0. The van der Waals surface area contributed by atoms with Crippen LogP contribution in [0, 0.1) is 0 Å². The van der Waals surface area contributed by atoms with Crippen LogP contribution in [0.3, 0.4) is 0 Å². The second-order valence-corrected chi connectivity index (χ2v) is 6.94. The number of halogens is 2. The molecule has 112 valence electrons. The third-order valence-corrected chi connectivity index (χ3v) is 4.32. The highest BCUT2D eigenvalue weighted by atomic mass is 79.9. The Hall–Kier alpha value is -0.680. The number of nitrogens with two attached hydrogens (primary N) is 1. The van der Waals surface area contributed by atoms with Crippen LogP contribution in [0.5, 0.6) is 0 Å². The molecule has 21 heavy (non-hydrogen) atoms. The van der Waals surface area contributed by atoms with Crippen LogP contribution < -0.4 is 5.73 Å². The number of rotatable bonds is 7. The van der Waals surface area contributed by atoms with E-state index in [0.717, 1.165) is 41.5 Å². The third-order valence-electron chi connectivity index (χ3n) is 3.29. The fourth-order valence-corrected chi connectivity index (χ4v) is 2.98. The van der Waals surface area contributed by atoms with Gasteiger partial charge < -0.3 is 5.73 Å². The molecule has 0 saturated heterocycles. The van der Waals surface area contributed by atoms with Gasteiger partial charge in [-0.1, -0.05) is 56.1 Å². The Labute approximate surface area is 143 Å². The van der Waals surface area contributed by atoms with Gasteiger partial charge in [-0.25, -0.2) is 0 Å². The lowest BCUT2D eigenvalue weighted by Gasteiger charge is -2.22. The molecular formula is C17H20Br2N2. The van der Waals surface area contributed by atoms with Gasteiger partial charge in [-0.05, 0) is 48.4 Å². The van der Waals surface area contributed by atoms with Gasteiger partial charge in [0.05, 0.1) is 0 Å². The maximum atomic E-state index is 5.67. The molecule has 0 spiro atoms. The van der Waals surface area contributed by atoms with Gasteiger partial charge in [-0.2, -0.15) is 0 Å². The summed E-state index contributed by atoms with van der Waals surface area (Å²) in [5.41, 5.74) is 8.31. The predicted octanol–water partition coefficient (Wildman–Crippen LogP) is 4.56. The van der Waals surface area contributed by atoms with Crippen LogP contribution in [0.25, 0.3) is 0 Å². The minimum Gasteiger partial charge on any atom is -0.330 e. The molecule has 0 aliphatic rings. The molecule has 2 N–H and O–H groups in total. The summed E-state index contributed by atoms with van der Waals surface area (Å²) >= 11 is 7.02. The molecule has 2 rings (SSSR count). The van der Waals surface area contributed by atoms with Crippen LogP contribution in [-0.4, -0.2) is 18.0 Å². The monoisotopic (exact) mass is 410 g/mol. The molecule has 0 atom stereocenters. The maximum absolute atomic E-state index is 5.67. The van der Waals surface area contributed by atoms with Crippen molar-refractivity contribution >= 4 is 31.9 Å². The lowest BCUT2D eigenvalue weighted by Crippen LogP contribution is -2.25. The Bertz CT molecular complexity index is 555. The largest absolute Gasteiger partial charge is 0.330 e. The Morgan fingerprint density at radius 3 is 2.24 bits per heavy atom. The second-order valence-electron chi connectivity index (χ2n) is 5.11. The SMILES string of the molecule is NCCCN(Cc1ccc(Br)cc1)Cc1cccc(Br)c1. The van der Waals surface area contributed by atoms with Gasteiger partial charge in [0.1, 0.15) is 0 Å². The van der Waals surface area contributed by atoms with Crippen molar-refractivity contribution in [3.8, 4) is 0 Å². The van der Waals surface area contributed by atoms with E-state index in [-0.39, 0.29) is 0 Å². The first-order chi connectivity index (χ1) is 10.2. The first-order valence-electron chi connectivity index (χ1n) is 7.08. The quantitative estimate of drug-likeness (QED) is 0.723. The molecule has 0 amide bonds. The fraction of sp³-hybridized carbons (Fsp3) is 0.294. The van der Waals surface area contributed by atoms with Crippen molar-refractivity contribution in [1.82, 2.24) is 4.90 Å². The zero-order valence-electron chi connectivity index (χ0n) is 11.9. The number of hydrogen-bond acceptors (Lipinski definition) is 2. The molecule has 0 unspecified atom stereocenters. The standard InChI is InChI=1S/C17H20Br2N2/c18-16-7-5-14(6-8-16)12-21(10-2-9-20)13-15-3-1-4-17(19)11-15/h1,3-8,11H,2,9-10,12-13,20H2. The molecule has 2 aromatic carbocycles. The molecule has 0 radical (unpaired) electrons. The van der Waals surface area contributed by atoms with E-state index in [2.05, 4.69) is 85.3 Å². The summed E-state index contributed by atoms with van der Waals surface area (Å²) in [6.07, 6.45) is 1.02. The van der Waals surface area contributed by atoms with E-state index in [1.807, 2.05) is 0 Å². The first kappa shape index (κ1) is 16.7. The molecule has 0 saturated carbocycles. The zero-order valence-corrected chi connectivity index (χ0v) is 15.1. The summed E-state index contributed by atoms with van der Waals surface area (Å²) < 4.78 is 2.24. The van der Waals surface area contributed by atoms with E-state index in [9.17, 15) is 0 Å². The highest BCUT2D eigenvalue weighted by Crippen LogP contribution is 2.16. The number of benzene rings is 2. The normalized spacial score (nSPS) is 11.0. The maximum Gasteiger partial charge on any atom is 0.0237 e. The van der Waals surface area contributed by atoms with E-state index in [0.29, 0.717) is 0 Å². The van der Waals surface area contributed by atoms with Crippen molar-refractivity contribution in [2.45, 2.75) is 19.5 Å². The topological polar surface area (TPSA) is 29.3 Å². The van der Waals surface area contributed by atoms with E-state index < -0.39 is 0 Å². The van der Waals surface area contributed by atoms with Gasteiger partial charge in [0, 0.05) is 28.6 Å². The van der Waals surface area contributed by atoms with Crippen molar-refractivity contribution in [3.63, 3.8) is 0 Å². The summed E-state index contributed by atoms with van der Waals surface area (Å²) in [7, 11) is 0. The van der Waals surface area contributed by atoms with Crippen LogP contribution in [0.4, 0.5) is 0 Å². The average molecular weight is 412 g/mol. The summed E-state index contributed by atoms with van der Waals surface area (Å²) in [5.74, 6) is 0. The molecular weight excluding hydrogens is 392 g/mol. The molecule has 0 bridgehead atoms. The minimum absolute atomic E-state index is 0.731. The molecule has 0 aliphatic heterocycles. The highest BCUT2D eigenvalue weighted by molar-refractivity contribution is 9.10. The lowest BCUT2D eigenvalue weighted by molar-refractivity contribution is 0.255. The first-order valence-corrected chi connectivity index (χ1v) is 8.67. The van der Waals surface area contributed by atoms with Crippen molar-refractivity contribution in [2.75, 3.05) is 13.1 Å². The third kappa shape index (κ3) is 5.91. The van der Waals surface area contributed by atoms with Gasteiger partial charge in [-0.15, -0.1) is 0 Å². The molecule has 0 fully saturated rings. The van der Waals surface area contributed by atoms with E-state index in [4.69, 9.17) is 5.73 Å². The van der Waals surface area contributed by atoms with Crippen molar-refractivity contribution in [1.29, 1.82) is 0 Å². The molecule has 0 aromatic heterocycles. The van der Waals surface area contributed by atoms with Gasteiger partial charge in [-0.3, -0.25) is 4.90 Å². The van der Waals surface area contributed by atoms with Crippen molar-refractivity contribution in [2.24, 2.45) is 5.73 Å². The summed E-state index contributed by atoms with van der Waals surface area (Å²) in [5, 5.41) is 0. The van der Waals surface area contributed by atoms with E-state index >= 15 is 0 Å². The minimum atomic E-state index is 0.731. The lowest BCUT2D eigenvalue weighted by atomic mass is 10.1. The summed E-state index contributed by atoms with van der Waals surface area (Å²) in [4.78, 5) is 2.44. The van der Waals surface area contributed by atoms with Crippen LogP contribution in [-0.2, 0) is 13.1 Å². The Balaban J connectivity index is 2.04. The van der Waals surface area contributed by atoms with Crippen LogP contribution in [0.15, 0.2) is 57.5 Å². The van der Waals surface area contributed by atoms with Gasteiger partial charge in [0.15, 0.2) is 0 Å². The van der Waals surface area contributed by atoms with Crippen LogP contribution in [0.2, 0.25) is 0 Å². The second kappa shape index (κ2) is 8.69. The zero-order chi connectivity index (χ0) is 15.1. The van der Waals surface area contributed by atoms with Crippen LogP contribution >= 0.6 is 31.9 Å². The van der Waals surface area contributed by atoms with Crippen LogP contribution in [0.1, 0.15) is 17.5 Å². The average Bonchev–Trinajstić information content (AvgIpc) is 2.47. The van der Waals surface area contributed by atoms with E-state index in [1.54, 1.807) is 0 Å². The Kier molecular flexibility index (Phi) is 6.90. The molecule has 2 nitrogen and oxygen atoms in total. The van der Waals surface area contributed by atoms with Gasteiger partial charge in [0.2, 0.25) is 0 Å². The molecule has 2 aromatic rings. The Morgan fingerprint density at radius 1 is 0.857 bits per heavy atom. The number of nitrogens with zero attached hydrogens (tertiary/aromatic N) is 1. The van der Waals surface area contributed by atoms with Gasteiger partial charge in [0.25, 0.3) is 0 Å².